The van der Waals surface area contributed by atoms with Crippen molar-refractivity contribution >= 4 is 33.0 Å². The second-order valence-corrected chi connectivity index (χ2v) is 5.36. The molecule has 2 nitrogen and oxygen atoms in total. The Labute approximate surface area is 112 Å². The summed E-state index contributed by atoms with van der Waals surface area (Å²) in [5, 5.41) is 6.41. The van der Waals surface area contributed by atoms with Crippen LogP contribution in [-0.2, 0) is 13.0 Å². The highest BCUT2D eigenvalue weighted by Gasteiger charge is 2.03. The molecule has 0 bridgehead atoms. The number of nitrogens with one attached hydrogen (secondary N) is 1. The molecule has 0 atom stereocenters. The minimum Gasteiger partial charge on any atom is -0.378 e. The number of aryl methyl sites for hydroxylation is 1. The predicted molar refractivity (Wildman–Crippen MR) is 72.9 cm³/mol. The second kappa shape index (κ2) is 5.60. The molecule has 0 amide bonds. The molecule has 0 saturated heterocycles. The Balaban J connectivity index is 2.02. The van der Waals surface area contributed by atoms with Crippen LogP contribution >= 0.6 is 27.3 Å². The molecule has 0 aliphatic heterocycles. The van der Waals surface area contributed by atoms with Crippen molar-refractivity contribution in [2.24, 2.45) is 0 Å². The van der Waals surface area contributed by atoms with Crippen LogP contribution in [0.15, 0.2) is 28.1 Å². The van der Waals surface area contributed by atoms with Gasteiger partial charge in [0.25, 0.3) is 0 Å². The first-order valence-electron chi connectivity index (χ1n) is 5.31. The van der Waals surface area contributed by atoms with Gasteiger partial charge < -0.3 is 5.32 Å². The average Bonchev–Trinajstić information content (AvgIpc) is 2.76. The van der Waals surface area contributed by atoms with Gasteiger partial charge in [0.05, 0.1) is 17.2 Å². The van der Waals surface area contributed by atoms with Crippen molar-refractivity contribution in [2.75, 3.05) is 5.32 Å². The third-order valence-electron chi connectivity index (χ3n) is 2.29. The average molecular weight is 315 g/mol. The van der Waals surface area contributed by atoms with Crippen molar-refractivity contribution in [3.8, 4) is 0 Å². The summed E-state index contributed by atoms with van der Waals surface area (Å²) in [6.07, 6.45) is 0.963. The number of rotatable bonds is 4. The molecule has 0 unspecified atom stereocenters. The van der Waals surface area contributed by atoms with Gasteiger partial charge in [0.2, 0.25) is 0 Å². The van der Waals surface area contributed by atoms with Crippen LogP contribution in [0.1, 0.15) is 17.6 Å². The maximum absolute atomic E-state index is 12.9. The first kappa shape index (κ1) is 12.5. The molecule has 0 radical (unpaired) electrons. The van der Waals surface area contributed by atoms with Crippen LogP contribution < -0.4 is 5.32 Å². The summed E-state index contributed by atoms with van der Waals surface area (Å²) in [6.45, 7) is 2.74. The lowest BCUT2D eigenvalue weighted by molar-refractivity contribution is 0.627. The van der Waals surface area contributed by atoms with Gasteiger partial charge in [-0.15, -0.1) is 11.3 Å². The molecule has 17 heavy (non-hydrogen) atoms. The topological polar surface area (TPSA) is 24.9 Å². The van der Waals surface area contributed by atoms with Crippen LogP contribution in [-0.4, -0.2) is 4.98 Å². The van der Waals surface area contributed by atoms with E-state index in [1.54, 1.807) is 17.4 Å². The summed E-state index contributed by atoms with van der Waals surface area (Å²) in [6, 6.07) is 4.60. The number of anilines is 1. The minimum absolute atomic E-state index is 0.246. The van der Waals surface area contributed by atoms with Crippen LogP contribution in [0.5, 0.6) is 0 Å². The summed E-state index contributed by atoms with van der Waals surface area (Å²) in [4.78, 5) is 4.46. The Morgan fingerprint density at radius 1 is 1.47 bits per heavy atom. The van der Waals surface area contributed by atoms with E-state index in [1.165, 1.54) is 12.1 Å². The third-order valence-corrected chi connectivity index (χ3v) is 3.99. The van der Waals surface area contributed by atoms with Crippen LogP contribution in [0.2, 0.25) is 0 Å². The van der Waals surface area contributed by atoms with E-state index in [1.807, 2.05) is 5.38 Å². The van der Waals surface area contributed by atoms with Gasteiger partial charge in [-0.25, -0.2) is 9.37 Å². The maximum Gasteiger partial charge on any atom is 0.124 e. The third kappa shape index (κ3) is 3.26. The summed E-state index contributed by atoms with van der Waals surface area (Å²) >= 11 is 4.99. The summed E-state index contributed by atoms with van der Waals surface area (Å²) in [7, 11) is 0. The first-order chi connectivity index (χ1) is 8.19. The van der Waals surface area contributed by atoms with Gasteiger partial charge in [-0.05, 0) is 40.5 Å². The molecule has 0 aliphatic rings. The van der Waals surface area contributed by atoms with Crippen LogP contribution in [0.25, 0.3) is 0 Å². The molecule has 5 heteroatoms. The van der Waals surface area contributed by atoms with Crippen molar-refractivity contribution in [3.63, 3.8) is 0 Å². The maximum atomic E-state index is 12.9. The fourth-order valence-corrected chi connectivity index (χ4v) is 2.65. The largest absolute Gasteiger partial charge is 0.378 e. The van der Waals surface area contributed by atoms with Crippen molar-refractivity contribution in [3.05, 3.63) is 44.6 Å². The second-order valence-electron chi connectivity index (χ2n) is 3.56. The van der Waals surface area contributed by atoms with Crippen molar-refractivity contribution < 1.29 is 4.39 Å². The highest BCUT2D eigenvalue weighted by molar-refractivity contribution is 9.10. The molecule has 0 aliphatic carbocycles. The Hall–Kier alpha value is -0.940. The van der Waals surface area contributed by atoms with Gasteiger partial charge >= 0.3 is 0 Å². The molecular weight excluding hydrogens is 303 g/mol. The molecule has 1 N–H and O–H groups in total. The Kier molecular flexibility index (Phi) is 4.12. The first-order valence-corrected chi connectivity index (χ1v) is 6.98. The highest BCUT2D eigenvalue weighted by Crippen LogP contribution is 2.23. The van der Waals surface area contributed by atoms with E-state index in [2.05, 4.69) is 33.2 Å². The van der Waals surface area contributed by atoms with Crippen molar-refractivity contribution in [2.45, 2.75) is 19.9 Å². The SMILES string of the molecule is CCc1nc(CNc2ccc(F)cc2Br)cs1. The lowest BCUT2D eigenvalue weighted by Crippen LogP contribution is -2.00. The number of halogens is 2. The number of thiazole rings is 1. The van der Waals surface area contributed by atoms with Gasteiger partial charge in [-0.2, -0.15) is 0 Å². The van der Waals surface area contributed by atoms with E-state index in [9.17, 15) is 4.39 Å². The van der Waals surface area contributed by atoms with E-state index in [0.717, 1.165) is 27.3 Å². The molecule has 1 aromatic heterocycles. The number of hydrogen-bond donors (Lipinski definition) is 1. The fourth-order valence-electron chi connectivity index (χ4n) is 1.41. The van der Waals surface area contributed by atoms with E-state index >= 15 is 0 Å². The number of benzene rings is 1. The lowest BCUT2D eigenvalue weighted by atomic mass is 10.3. The zero-order chi connectivity index (χ0) is 12.3. The lowest BCUT2D eigenvalue weighted by Gasteiger charge is -2.06. The van der Waals surface area contributed by atoms with Crippen molar-refractivity contribution in [1.82, 2.24) is 4.98 Å². The normalized spacial score (nSPS) is 10.5. The zero-order valence-electron chi connectivity index (χ0n) is 9.34. The molecule has 2 aromatic rings. The smallest absolute Gasteiger partial charge is 0.124 e. The standard InChI is InChI=1S/C12H12BrFN2S/c1-2-12-16-9(7-17-12)6-15-11-4-3-8(14)5-10(11)13/h3-5,7,15H,2,6H2,1H3. The van der Waals surface area contributed by atoms with E-state index < -0.39 is 0 Å². The molecule has 0 saturated carbocycles. The van der Waals surface area contributed by atoms with Gasteiger partial charge in [0.15, 0.2) is 0 Å². The van der Waals surface area contributed by atoms with Crippen LogP contribution in [0.4, 0.5) is 10.1 Å². The minimum atomic E-state index is -0.246. The Bertz CT molecular complexity index is 513. The summed E-state index contributed by atoms with van der Waals surface area (Å²) < 4.78 is 13.6. The number of aromatic nitrogens is 1. The highest BCUT2D eigenvalue weighted by atomic mass is 79.9. The Morgan fingerprint density at radius 3 is 2.94 bits per heavy atom. The fraction of sp³-hybridized carbons (Fsp3) is 0.250. The van der Waals surface area contributed by atoms with Crippen molar-refractivity contribution in [1.29, 1.82) is 0 Å². The molecular formula is C12H12BrFN2S. The van der Waals surface area contributed by atoms with E-state index in [4.69, 9.17) is 0 Å². The molecule has 90 valence electrons. The molecule has 0 spiro atoms. The zero-order valence-corrected chi connectivity index (χ0v) is 11.7. The summed E-state index contributed by atoms with van der Waals surface area (Å²) in [5.74, 6) is -0.246. The number of nitrogens with zero attached hydrogens (tertiary/aromatic N) is 1. The molecule has 1 aromatic carbocycles. The van der Waals surface area contributed by atoms with Crippen LogP contribution in [0.3, 0.4) is 0 Å². The van der Waals surface area contributed by atoms with Gasteiger partial charge in [0, 0.05) is 15.5 Å². The van der Waals surface area contributed by atoms with Gasteiger partial charge in [-0.3, -0.25) is 0 Å². The Morgan fingerprint density at radius 2 is 2.29 bits per heavy atom. The summed E-state index contributed by atoms with van der Waals surface area (Å²) in [5.41, 5.74) is 1.89. The van der Waals surface area contributed by atoms with Gasteiger partial charge in [-0.1, -0.05) is 6.92 Å². The quantitative estimate of drug-likeness (QED) is 0.914. The number of hydrogen-bond acceptors (Lipinski definition) is 3. The monoisotopic (exact) mass is 314 g/mol. The molecule has 1 heterocycles. The predicted octanol–water partition coefficient (Wildman–Crippen LogP) is 4.22. The van der Waals surface area contributed by atoms with E-state index in [-0.39, 0.29) is 5.82 Å². The van der Waals surface area contributed by atoms with Gasteiger partial charge in [0.1, 0.15) is 5.82 Å². The molecule has 0 fully saturated rings. The van der Waals surface area contributed by atoms with Crippen LogP contribution in [0, 0.1) is 5.82 Å². The van der Waals surface area contributed by atoms with E-state index in [0.29, 0.717) is 6.54 Å². The molecule has 2 rings (SSSR count).